The van der Waals surface area contributed by atoms with Gasteiger partial charge in [-0.2, -0.15) is 0 Å². The molecular weight excluding hydrogens is 224 g/mol. The molecule has 1 aliphatic rings. The summed E-state index contributed by atoms with van der Waals surface area (Å²) >= 11 is 0. The highest BCUT2D eigenvalue weighted by Gasteiger charge is 2.22. The molecule has 3 nitrogen and oxygen atoms in total. The zero-order chi connectivity index (χ0) is 13.8. The van der Waals surface area contributed by atoms with Crippen molar-refractivity contribution in [2.75, 3.05) is 6.54 Å². The van der Waals surface area contributed by atoms with E-state index in [1.165, 1.54) is 25.7 Å². The van der Waals surface area contributed by atoms with Gasteiger partial charge in [0.25, 0.3) is 0 Å². The molecule has 106 valence electrons. The topological polar surface area (TPSA) is 41.1 Å². The van der Waals surface area contributed by atoms with Crippen LogP contribution >= 0.6 is 0 Å². The van der Waals surface area contributed by atoms with Gasteiger partial charge in [-0.05, 0) is 58.9 Å². The molecule has 18 heavy (non-hydrogen) atoms. The van der Waals surface area contributed by atoms with E-state index in [0.717, 1.165) is 18.4 Å². The molecule has 3 atom stereocenters. The van der Waals surface area contributed by atoms with Gasteiger partial charge in [0.1, 0.15) is 0 Å². The number of carbonyl (C=O) groups is 1. The Morgan fingerprint density at radius 3 is 2.56 bits per heavy atom. The van der Waals surface area contributed by atoms with E-state index in [9.17, 15) is 4.79 Å². The van der Waals surface area contributed by atoms with Gasteiger partial charge in [0.05, 0.1) is 6.04 Å². The summed E-state index contributed by atoms with van der Waals surface area (Å²) in [6.07, 6.45) is 5.33. The molecule has 1 saturated carbocycles. The summed E-state index contributed by atoms with van der Waals surface area (Å²) in [7, 11) is 0. The fourth-order valence-electron chi connectivity index (χ4n) is 2.66. The van der Waals surface area contributed by atoms with Gasteiger partial charge < -0.3 is 10.6 Å². The van der Waals surface area contributed by atoms with Crippen molar-refractivity contribution < 1.29 is 4.79 Å². The summed E-state index contributed by atoms with van der Waals surface area (Å²) in [4.78, 5) is 11.9. The number of carbonyl (C=O) groups excluding carboxylic acids is 1. The van der Waals surface area contributed by atoms with Crippen LogP contribution in [0.25, 0.3) is 0 Å². The summed E-state index contributed by atoms with van der Waals surface area (Å²) < 4.78 is 0. The molecule has 2 N–H and O–H groups in total. The van der Waals surface area contributed by atoms with E-state index in [4.69, 9.17) is 0 Å². The number of rotatable bonds is 4. The Kier molecular flexibility index (Phi) is 5.64. The van der Waals surface area contributed by atoms with Crippen LogP contribution in [0.5, 0.6) is 0 Å². The zero-order valence-corrected chi connectivity index (χ0v) is 12.7. The molecule has 1 aliphatic carbocycles. The van der Waals surface area contributed by atoms with Crippen molar-refractivity contribution in [3.05, 3.63) is 0 Å². The van der Waals surface area contributed by atoms with E-state index in [1.54, 1.807) is 0 Å². The van der Waals surface area contributed by atoms with Crippen LogP contribution < -0.4 is 10.6 Å². The van der Waals surface area contributed by atoms with E-state index >= 15 is 0 Å². The normalized spacial score (nSPS) is 26.7. The monoisotopic (exact) mass is 254 g/mol. The highest BCUT2D eigenvalue weighted by Crippen LogP contribution is 2.27. The van der Waals surface area contributed by atoms with E-state index in [1.807, 2.05) is 27.7 Å². The van der Waals surface area contributed by atoms with Crippen molar-refractivity contribution in [3.8, 4) is 0 Å². The van der Waals surface area contributed by atoms with Crippen LogP contribution in [0.1, 0.15) is 60.3 Å². The first-order valence-corrected chi connectivity index (χ1v) is 7.33. The SMILES string of the molecule is CC1CCCC(CNC(C)C(=O)NC(C)(C)C)C1. The molecule has 0 bridgehead atoms. The summed E-state index contributed by atoms with van der Waals surface area (Å²) in [5, 5.41) is 6.40. The van der Waals surface area contributed by atoms with Crippen LogP contribution in [0, 0.1) is 11.8 Å². The Morgan fingerprint density at radius 1 is 1.33 bits per heavy atom. The Morgan fingerprint density at radius 2 is 2.00 bits per heavy atom. The van der Waals surface area contributed by atoms with Crippen molar-refractivity contribution in [1.29, 1.82) is 0 Å². The maximum absolute atomic E-state index is 11.9. The predicted molar refractivity (Wildman–Crippen MR) is 76.5 cm³/mol. The minimum absolute atomic E-state index is 0.0959. The minimum atomic E-state index is -0.146. The van der Waals surface area contributed by atoms with Crippen molar-refractivity contribution in [2.45, 2.75) is 71.9 Å². The van der Waals surface area contributed by atoms with Gasteiger partial charge in [-0.15, -0.1) is 0 Å². The molecular formula is C15H30N2O. The first kappa shape index (κ1) is 15.5. The average molecular weight is 254 g/mol. The van der Waals surface area contributed by atoms with Crippen molar-refractivity contribution >= 4 is 5.91 Å². The Balaban J connectivity index is 2.27. The average Bonchev–Trinajstić information content (AvgIpc) is 2.23. The first-order valence-electron chi connectivity index (χ1n) is 7.33. The third kappa shape index (κ3) is 5.85. The van der Waals surface area contributed by atoms with Crippen molar-refractivity contribution in [3.63, 3.8) is 0 Å². The second-order valence-electron chi connectivity index (χ2n) is 7.01. The van der Waals surface area contributed by atoms with Crippen LogP contribution in [-0.2, 0) is 4.79 Å². The fourth-order valence-corrected chi connectivity index (χ4v) is 2.66. The van der Waals surface area contributed by atoms with E-state index < -0.39 is 0 Å². The lowest BCUT2D eigenvalue weighted by molar-refractivity contribution is -0.124. The molecule has 3 unspecified atom stereocenters. The Labute approximate surface area is 112 Å². The van der Waals surface area contributed by atoms with Gasteiger partial charge in [0, 0.05) is 5.54 Å². The van der Waals surface area contributed by atoms with E-state index in [-0.39, 0.29) is 17.5 Å². The predicted octanol–water partition coefficient (Wildman–Crippen LogP) is 2.71. The quantitative estimate of drug-likeness (QED) is 0.810. The summed E-state index contributed by atoms with van der Waals surface area (Å²) in [5.74, 6) is 1.70. The third-order valence-corrected chi connectivity index (χ3v) is 3.65. The maximum Gasteiger partial charge on any atom is 0.237 e. The lowest BCUT2D eigenvalue weighted by atomic mass is 9.82. The summed E-state index contributed by atoms with van der Waals surface area (Å²) in [6.45, 7) is 11.3. The Bertz CT molecular complexity index is 270. The molecule has 0 aliphatic heterocycles. The minimum Gasteiger partial charge on any atom is -0.350 e. The molecule has 0 heterocycles. The van der Waals surface area contributed by atoms with Gasteiger partial charge in [-0.25, -0.2) is 0 Å². The van der Waals surface area contributed by atoms with Crippen LogP contribution in [0.3, 0.4) is 0 Å². The molecule has 1 rings (SSSR count). The summed E-state index contributed by atoms with van der Waals surface area (Å²) in [5.41, 5.74) is -0.146. The maximum atomic E-state index is 11.9. The Hall–Kier alpha value is -0.570. The molecule has 1 fully saturated rings. The lowest BCUT2D eigenvalue weighted by Crippen LogP contribution is -2.50. The molecule has 0 saturated heterocycles. The smallest absolute Gasteiger partial charge is 0.237 e. The first-order chi connectivity index (χ1) is 8.28. The molecule has 1 amide bonds. The standard InChI is InChI=1S/C15H30N2O/c1-11-7-6-8-13(9-11)10-16-12(2)14(18)17-15(3,4)5/h11-13,16H,6-10H2,1-5H3,(H,17,18). The van der Waals surface area contributed by atoms with Crippen LogP contribution in [0.4, 0.5) is 0 Å². The van der Waals surface area contributed by atoms with Gasteiger partial charge >= 0.3 is 0 Å². The number of nitrogens with one attached hydrogen (secondary N) is 2. The van der Waals surface area contributed by atoms with Crippen LogP contribution in [0.15, 0.2) is 0 Å². The molecule has 0 spiro atoms. The number of hydrogen-bond acceptors (Lipinski definition) is 2. The van der Waals surface area contributed by atoms with E-state index in [0.29, 0.717) is 0 Å². The van der Waals surface area contributed by atoms with Crippen molar-refractivity contribution in [1.82, 2.24) is 10.6 Å². The second-order valence-corrected chi connectivity index (χ2v) is 7.01. The molecule has 3 heteroatoms. The molecule has 0 radical (unpaired) electrons. The number of hydrogen-bond donors (Lipinski definition) is 2. The van der Waals surface area contributed by atoms with Crippen LogP contribution in [0.2, 0.25) is 0 Å². The molecule has 0 aromatic carbocycles. The van der Waals surface area contributed by atoms with Gasteiger partial charge in [0.15, 0.2) is 0 Å². The fraction of sp³-hybridized carbons (Fsp3) is 0.933. The second kappa shape index (κ2) is 6.55. The van der Waals surface area contributed by atoms with Crippen LogP contribution in [-0.4, -0.2) is 24.0 Å². The van der Waals surface area contributed by atoms with Crippen molar-refractivity contribution in [2.24, 2.45) is 11.8 Å². The zero-order valence-electron chi connectivity index (χ0n) is 12.7. The molecule has 0 aromatic heterocycles. The van der Waals surface area contributed by atoms with Gasteiger partial charge in [0.2, 0.25) is 5.91 Å². The summed E-state index contributed by atoms with van der Waals surface area (Å²) in [6, 6.07) is -0.0959. The van der Waals surface area contributed by atoms with E-state index in [2.05, 4.69) is 17.6 Å². The number of amides is 1. The highest BCUT2D eigenvalue weighted by atomic mass is 16.2. The largest absolute Gasteiger partial charge is 0.350 e. The van der Waals surface area contributed by atoms with Gasteiger partial charge in [-0.3, -0.25) is 4.79 Å². The van der Waals surface area contributed by atoms with Gasteiger partial charge in [-0.1, -0.05) is 19.8 Å². The third-order valence-electron chi connectivity index (χ3n) is 3.65. The highest BCUT2D eigenvalue weighted by molar-refractivity contribution is 5.81. The molecule has 0 aromatic rings. The lowest BCUT2D eigenvalue weighted by Gasteiger charge is -2.29.